The summed E-state index contributed by atoms with van der Waals surface area (Å²) in [5.41, 5.74) is 0. The van der Waals surface area contributed by atoms with E-state index in [-0.39, 0.29) is 37.1 Å². The molecule has 0 radical (unpaired) electrons. The van der Waals surface area contributed by atoms with Crippen molar-refractivity contribution in [2.24, 2.45) is 17.8 Å². The Morgan fingerprint density at radius 1 is 0.824 bits per heavy atom. The monoisotopic (exact) mass is 740 g/mol. The van der Waals surface area contributed by atoms with Crippen LogP contribution in [0.4, 0.5) is 0 Å². The van der Waals surface area contributed by atoms with Crippen molar-refractivity contribution in [1.82, 2.24) is 0 Å². The molecular formula is C40H69O10P. The maximum Gasteiger partial charge on any atom is 0.469 e. The first kappa shape index (κ1) is 46.9. The van der Waals surface area contributed by atoms with Crippen molar-refractivity contribution < 1.29 is 47.8 Å². The number of carbonyl (C=O) groups is 3. The van der Waals surface area contributed by atoms with Gasteiger partial charge in [-0.2, -0.15) is 0 Å². The molecule has 1 rings (SSSR count). The summed E-state index contributed by atoms with van der Waals surface area (Å²) in [5, 5.41) is 10.2. The van der Waals surface area contributed by atoms with Crippen molar-refractivity contribution in [2.75, 3.05) is 13.2 Å². The number of unbranched alkanes of at least 4 members (excludes halogenated alkanes) is 13. The molecule has 0 bridgehead atoms. The Bertz CT molecular complexity index is 1080. The maximum absolute atomic E-state index is 12.5. The highest BCUT2D eigenvalue weighted by molar-refractivity contribution is 7.46. The number of carbonyl (C=O) groups excluding carboxylic acids is 3. The Labute approximate surface area is 308 Å². The first-order valence-corrected chi connectivity index (χ1v) is 21.2. The van der Waals surface area contributed by atoms with Crippen molar-refractivity contribution in [2.45, 2.75) is 168 Å². The van der Waals surface area contributed by atoms with Gasteiger partial charge in [0.1, 0.15) is 6.61 Å². The van der Waals surface area contributed by atoms with Crippen LogP contribution in [0.15, 0.2) is 36.5 Å². The quantitative estimate of drug-likeness (QED) is 0.0263. The summed E-state index contributed by atoms with van der Waals surface area (Å²) in [4.78, 5) is 55.2. The SMILES string of the molecule is CCCCC[C@H](O)/C=C/[C@H]1C(=O)C=C[C@@H]1C/C=C\CCCC(=O)O[C@H](COC(=O)CCCCCCCCCCCCCC(C)C)COP(=O)(O)O. The van der Waals surface area contributed by atoms with Crippen LogP contribution in [0.3, 0.4) is 0 Å². The molecule has 11 heteroatoms. The molecule has 0 saturated carbocycles. The van der Waals surface area contributed by atoms with E-state index in [2.05, 4.69) is 25.3 Å². The predicted molar refractivity (Wildman–Crippen MR) is 202 cm³/mol. The van der Waals surface area contributed by atoms with E-state index in [1.165, 1.54) is 51.4 Å². The van der Waals surface area contributed by atoms with Crippen molar-refractivity contribution in [3.8, 4) is 0 Å². The topological polar surface area (TPSA) is 157 Å². The van der Waals surface area contributed by atoms with Gasteiger partial charge < -0.3 is 24.4 Å². The zero-order valence-electron chi connectivity index (χ0n) is 31.8. The number of ether oxygens (including phenoxy) is 2. The Morgan fingerprint density at radius 2 is 1.43 bits per heavy atom. The molecule has 0 unspecified atom stereocenters. The summed E-state index contributed by atoms with van der Waals surface area (Å²) in [7, 11) is -4.81. The smallest absolute Gasteiger partial charge is 0.462 e. The van der Waals surface area contributed by atoms with Crippen LogP contribution in [0.1, 0.15) is 156 Å². The second-order valence-electron chi connectivity index (χ2n) is 14.4. The summed E-state index contributed by atoms with van der Waals surface area (Å²) in [6.45, 7) is 5.72. The van der Waals surface area contributed by atoms with Crippen LogP contribution < -0.4 is 0 Å². The molecule has 4 atom stereocenters. The van der Waals surface area contributed by atoms with Crippen LogP contribution in [-0.4, -0.2) is 58.0 Å². The lowest BCUT2D eigenvalue weighted by Gasteiger charge is -2.18. The molecule has 0 aromatic rings. The van der Waals surface area contributed by atoms with E-state index in [1.807, 2.05) is 24.3 Å². The summed E-state index contributed by atoms with van der Waals surface area (Å²) >= 11 is 0. The van der Waals surface area contributed by atoms with E-state index in [0.29, 0.717) is 32.1 Å². The average molecular weight is 741 g/mol. The number of phosphoric ester groups is 1. The third-order valence-corrected chi connectivity index (χ3v) is 9.57. The van der Waals surface area contributed by atoms with Gasteiger partial charge in [-0.1, -0.05) is 141 Å². The van der Waals surface area contributed by atoms with E-state index >= 15 is 0 Å². The van der Waals surface area contributed by atoms with Crippen LogP contribution in [-0.2, 0) is 32.9 Å². The summed E-state index contributed by atoms with van der Waals surface area (Å²) in [6.07, 6.45) is 29.3. The minimum Gasteiger partial charge on any atom is -0.462 e. The second kappa shape index (κ2) is 29.4. The Morgan fingerprint density at radius 3 is 2.06 bits per heavy atom. The second-order valence-corrected chi connectivity index (χ2v) is 15.6. The molecule has 0 spiro atoms. The van der Waals surface area contributed by atoms with E-state index < -0.39 is 38.6 Å². The molecule has 0 saturated heterocycles. The number of aliphatic hydroxyl groups excluding tert-OH is 1. The minimum absolute atomic E-state index is 0.0177. The summed E-state index contributed by atoms with van der Waals surface area (Å²) in [5.74, 6) is -0.475. The summed E-state index contributed by atoms with van der Waals surface area (Å²) < 4.78 is 26.3. The number of hydrogen-bond acceptors (Lipinski definition) is 8. The number of ketones is 1. The lowest BCUT2D eigenvalue weighted by Crippen LogP contribution is -2.29. The van der Waals surface area contributed by atoms with Gasteiger partial charge in [-0.3, -0.25) is 18.9 Å². The molecule has 0 aromatic heterocycles. The third-order valence-electron chi connectivity index (χ3n) is 9.09. The van der Waals surface area contributed by atoms with Gasteiger partial charge in [0, 0.05) is 18.8 Å². The van der Waals surface area contributed by atoms with Gasteiger partial charge in [0.05, 0.1) is 12.7 Å². The van der Waals surface area contributed by atoms with Gasteiger partial charge in [-0.05, 0) is 50.0 Å². The minimum atomic E-state index is -4.81. The number of phosphoric acid groups is 1. The zero-order chi connectivity index (χ0) is 37.7. The van der Waals surface area contributed by atoms with Gasteiger partial charge in [0.25, 0.3) is 0 Å². The number of rotatable bonds is 32. The van der Waals surface area contributed by atoms with Gasteiger partial charge in [0.2, 0.25) is 0 Å². The van der Waals surface area contributed by atoms with Crippen LogP contribution in [0.25, 0.3) is 0 Å². The first-order valence-electron chi connectivity index (χ1n) is 19.7. The molecule has 0 heterocycles. The molecule has 0 amide bonds. The molecule has 0 aliphatic heterocycles. The molecule has 51 heavy (non-hydrogen) atoms. The molecule has 3 N–H and O–H groups in total. The van der Waals surface area contributed by atoms with Gasteiger partial charge in [0.15, 0.2) is 11.9 Å². The Hall–Kier alpha value is -2.10. The number of esters is 2. The van der Waals surface area contributed by atoms with Crippen molar-refractivity contribution in [1.29, 1.82) is 0 Å². The largest absolute Gasteiger partial charge is 0.469 e. The average Bonchev–Trinajstić information content (AvgIpc) is 3.43. The Balaban J connectivity index is 2.28. The van der Waals surface area contributed by atoms with Crippen LogP contribution >= 0.6 is 7.82 Å². The van der Waals surface area contributed by atoms with Crippen molar-refractivity contribution in [3.05, 3.63) is 36.5 Å². The van der Waals surface area contributed by atoms with Crippen LogP contribution in [0.2, 0.25) is 0 Å². The van der Waals surface area contributed by atoms with E-state index in [1.54, 1.807) is 12.2 Å². The lowest BCUT2D eigenvalue weighted by atomic mass is 9.90. The van der Waals surface area contributed by atoms with Gasteiger partial charge in [-0.15, -0.1) is 0 Å². The van der Waals surface area contributed by atoms with Crippen LogP contribution in [0.5, 0.6) is 0 Å². The highest BCUT2D eigenvalue weighted by Gasteiger charge is 2.27. The highest BCUT2D eigenvalue weighted by Crippen LogP contribution is 2.36. The van der Waals surface area contributed by atoms with Crippen molar-refractivity contribution >= 4 is 25.5 Å². The molecule has 1 aliphatic rings. The normalized spacial score (nSPS) is 17.6. The predicted octanol–water partition coefficient (Wildman–Crippen LogP) is 9.26. The lowest BCUT2D eigenvalue weighted by molar-refractivity contribution is -0.161. The number of allylic oxidation sites excluding steroid dienone is 5. The fourth-order valence-corrected chi connectivity index (χ4v) is 6.38. The van der Waals surface area contributed by atoms with Gasteiger partial charge >= 0.3 is 19.8 Å². The van der Waals surface area contributed by atoms with Crippen LogP contribution in [0, 0.1) is 17.8 Å². The highest BCUT2D eigenvalue weighted by atomic mass is 31.2. The zero-order valence-corrected chi connectivity index (χ0v) is 32.7. The first-order chi connectivity index (χ1) is 24.4. The molecule has 294 valence electrons. The van der Waals surface area contributed by atoms with Crippen molar-refractivity contribution in [3.63, 3.8) is 0 Å². The number of hydrogen-bond donors (Lipinski definition) is 3. The summed E-state index contributed by atoms with van der Waals surface area (Å²) in [6, 6.07) is 0. The van der Waals surface area contributed by atoms with Gasteiger partial charge in [-0.25, -0.2) is 4.57 Å². The maximum atomic E-state index is 12.5. The van der Waals surface area contributed by atoms with E-state index in [0.717, 1.165) is 44.4 Å². The van der Waals surface area contributed by atoms with E-state index in [9.17, 15) is 24.1 Å². The van der Waals surface area contributed by atoms with E-state index in [4.69, 9.17) is 19.3 Å². The molecule has 10 nitrogen and oxygen atoms in total. The number of aliphatic hydroxyl groups is 1. The standard InChI is InChI=1S/C40H69O10P/c1-4-5-17-24-35(41)28-29-37-34(27-30-38(37)42)23-19-15-16-21-26-40(44)50-36(32-49-51(45,46)47)31-48-39(43)25-20-14-12-10-8-6-7-9-11-13-18-22-33(2)3/h15,19,27-30,33-37,41H,4-14,16-18,20-26,31-32H2,1-3H3,(H2,45,46,47)/b19-15-,29-28+/t34-,35-,36+,37+/m0/s1. The molecule has 1 aliphatic carbocycles. The molecule has 0 fully saturated rings. The fourth-order valence-electron chi connectivity index (χ4n) is 6.02. The third kappa shape index (κ3) is 27.2. The molecule has 0 aromatic carbocycles. The Kier molecular flexibility index (Phi) is 27.0. The molecular weight excluding hydrogens is 671 g/mol. The fraction of sp³-hybridized carbons (Fsp3) is 0.775.